The molecule has 2 bridgehead atoms. The third-order valence-electron chi connectivity index (χ3n) is 9.87. The average Bonchev–Trinajstić information content (AvgIpc) is 2.77. The van der Waals surface area contributed by atoms with E-state index in [1.807, 2.05) is 6.92 Å². The van der Waals surface area contributed by atoms with E-state index in [4.69, 9.17) is 23.7 Å². The Hall–Kier alpha value is -0.950. The zero-order valence-corrected chi connectivity index (χ0v) is 27.6. The first-order valence-electron chi connectivity index (χ1n) is 13.6. The van der Waals surface area contributed by atoms with E-state index in [1.165, 1.54) is 27.7 Å². The predicted molar refractivity (Wildman–Crippen MR) is 152 cm³/mol. The molecule has 5 fully saturated rings. The third kappa shape index (κ3) is 5.04. The molecule has 9 nitrogen and oxygen atoms in total. The smallest absolute Gasteiger partial charge is 0.303 e. The Balaban J connectivity index is 1.99. The van der Waals surface area contributed by atoms with Crippen LogP contribution in [0, 0.1) is 35.0 Å². The number of halogens is 2. The maximum atomic E-state index is 12.6. The Bertz CT molecular complexity index is 1040. The largest absolute Gasteiger partial charge is 0.462 e. The maximum Gasteiger partial charge on any atom is 0.303 e. The van der Waals surface area contributed by atoms with Crippen LogP contribution in [0.5, 0.6) is 0 Å². The van der Waals surface area contributed by atoms with Crippen molar-refractivity contribution in [1.82, 2.24) is 0 Å². The number of carbonyl (C=O) groups is 4. The lowest BCUT2D eigenvalue weighted by atomic mass is 9.40. The topological polar surface area (TPSA) is 114 Å². The molecule has 13 atom stereocenters. The van der Waals surface area contributed by atoms with E-state index in [-0.39, 0.29) is 52.5 Å². The minimum absolute atomic E-state index is 0.129. The molecule has 5 rings (SSSR count). The zero-order chi connectivity index (χ0) is 29.2. The van der Waals surface area contributed by atoms with Gasteiger partial charge in [-0.3, -0.25) is 19.2 Å². The summed E-state index contributed by atoms with van der Waals surface area (Å²) in [6, 6.07) is 0. The maximum absolute atomic E-state index is 12.6. The summed E-state index contributed by atoms with van der Waals surface area (Å²) in [6.45, 7) is 13.8. The van der Waals surface area contributed by atoms with Crippen LogP contribution in [0.3, 0.4) is 0 Å². The standard InChI is InChI=1S/C28H40BrIO9/c1-12-17(35-13(2)31)9-19(29)28(8)21(12)20-22-18(36-14(3)32)10-26(6,39-27(22,7)11-30)23(20)24(37-15(4)33)25(28)38-16(5)34/h12,17-25H,9-11H2,1-8H3. The Morgan fingerprint density at radius 3 is 1.90 bits per heavy atom. The van der Waals surface area contributed by atoms with E-state index in [1.54, 1.807) is 0 Å². The number of hydrogen-bond acceptors (Lipinski definition) is 9. The van der Waals surface area contributed by atoms with Gasteiger partial charge in [0.05, 0.1) is 11.2 Å². The van der Waals surface area contributed by atoms with E-state index in [9.17, 15) is 19.2 Å². The van der Waals surface area contributed by atoms with Gasteiger partial charge in [0.25, 0.3) is 0 Å². The van der Waals surface area contributed by atoms with Crippen molar-refractivity contribution in [3.63, 3.8) is 0 Å². The molecule has 3 saturated carbocycles. The fourth-order valence-electron chi connectivity index (χ4n) is 8.93. The number of ether oxygens (including phenoxy) is 5. The highest BCUT2D eigenvalue weighted by Crippen LogP contribution is 2.70. The molecule has 0 spiro atoms. The number of rotatable bonds is 5. The molecule has 0 aromatic heterocycles. The lowest BCUT2D eigenvalue weighted by Crippen LogP contribution is -2.80. The normalized spacial score (nSPS) is 48.3. The summed E-state index contributed by atoms with van der Waals surface area (Å²) in [7, 11) is 0. The SMILES string of the molecule is CC(=O)OC1CC(Br)C2(C)C(OC(C)=O)C(OC(C)=O)C3C(C4C(OC(C)=O)CC3(C)OC4(C)CI)C2C1C. The molecular formula is C28H40BrIO9. The summed E-state index contributed by atoms with van der Waals surface area (Å²) in [4.78, 5) is 49.3. The molecule has 0 amide bonds. The van der Waals surface area contributed by atoms with Crippen LogP contribution in [-0.2, 0) is 42.9 Å². The Morgan fingerprint density at radius 2 is 1.38 bits per heavy atom. The van der Waals surface area contributed by atoms with Crippen LogP contribution in [0.2, 0.25) is 0 Å². The van der Waals surface area contributed by atoms with Crippen LogP contribution in [0.1, 0.15) is 68.2 Å². The molecule has 2 aliphatic heterocycles. The highest BCUT2D eigenvalue weighted by Gasteiger charge is 2.77. The Kier molecular flexibility index (Phi) is 8.51. The van der Waals surface area contributed by atoms with Crippen molar-refractivity contribution in [3.05, 3.63) is 0 Å². The molecule has 39 heavy (non-hydrogen) atoms. The molecule has 0 N–H and O–H groups in total. The minimum Gasteiger partial charge on any atom is -0.462 e. The van der Waals surface area contributed by atoms with Gasteiger partial charge in [-0.1, -0.05) is 52.4 Å². The van der Waals surface area contributed by atoms with E-state index in [0.717, 1.165) is 0 Å². The fraction of sp³-hybridized carbons (Fsp3) is 0.857. The molecular weight excluding hydrogens is 687 g/mol. The second-order valence-corrected chi connectivity index (χ2v) is 14.4. The molecule has 0 aromatic rings. The van der Waals surface area contributed by atoms with Gasteiger partial charge in [-0.05, 0) is 38.0 Å². The number of fused-ring (bicyclic) bond motifs is 3. The highest BCUT2D eigenvalue weighted by atomic mass is 127. The van der Waals surface area contributed by atoms with Crippen LogP contribution in [0.25, 0.3) is 0 Å². The highest BCUT2D eigenvalue weighted by molar-refractivity contribution is 14.1. The van der Waals surface area contributed by atoms with Crippen molar-refractivity contribution in [2.45, 2.75) is 109 Å². The summed E-state index contributed by atoms with van der Waals surface area (Å²) >= 11 is 6.23. The van der Waals surface area contributed by atoms with E-state index >= 15 is 0 Å². The molecule has 0 radical (unpaired) electrons. The molecule has 11 heteroatoms. The third-order valence-corrected chi connectivity index (χ3v) is 12.7. The minimum atomic E-state index is -0.852. The zero-order valence-electron chi connectivity index (χ0n) is 23.8. The molecule has 3 aliphatic carbocycles. The van der Waals surface area contributed by atoms with Gasteiger partial charge in [-0.2, -0.15) is 0 Å². The van der Waals surface area contributed by atoms with Crippen LogP contribution in [0.15, 0.2) is 0 Å². The summed E-state index contributed by atoms with van der Waals surface area (Å²) in [5.41, 5.74) is -2.19. The number of carbonyl (C=O) groups excluding carboxylic acids is 4. The summed E-state index contributed by atoms with van der Waals surface area (Å²) in [5.74, 6) is -2.67. The van der Waals surface area contributed by atoms with Crippen molar-refractivity contribution in [2.24, 2.45) is 35.0 Å². The van der Waals surface area contributed by atoms with E-state index in [0.29, 0.717) is 17.3 Å². The van der Waals surface area contributed by atoms with Gasteiger partial charge in [0, 0.05) is 60.6 Å². The second kappa shape index (κ2) is 10.7. The van der Waals surface area contributed by atoms with E-state index in [2.05, 4.69) is 59.3 Å². The summed E-state index contributed by atoms with van der Waals surface area (Å²) in [6.07, 6.45) is -1.40. The first kappa shape index (κ1) is 31.0. The number of hydrogen-bond donors (Lipinski definition) is 0. The molecule has 2 saturated heterocycles. The molecule has 2 heterocycles. The lowest BCUT2D eigenvalue weighted by Gasteiger charge is -2.73. The number of alkyl halides is 2. The second-order valence-electron chi connectivity index (χ2n) is 12.5. The Labute approximate surface area is 252 Å². The van der Waals surface area contributed by atoms with Crippen LogP contribution >= 0.6 is 38.5 Å². The fourth-order valence-corrected chi connectivity index (χ4v) is 10.5. The van der Waals surface area contributed by atoms with Gasteiger partial charge in [0.15, 0.2) is 0 Å². The summed E-state index contributed by atoms with van der Waals surface area (Å²) in [5, 5.41) is 0. The van der Waals surface area contributed by atoms with Crippen molar-refractivity contribution in [3.8, 4) is 0 Å². The van der Waals surface area contributed by atoms with Crippen LogP contribution in [0.4, 0.5) is 0 Å². The van der Waals surface area contributed by atoms with E-state index < -0.39 is 46.9 Å². The number of esters is 4. The molecule has 0 aromatic carbocycles. The average molecular weight is 727 g/mol. The van der Waals surface area contributed by atoms with Crippen molar-refractivity contribution >= 4 is 62.4 Å². The van der Waals surface area contributed by atoms with Crippen molar-refractivity contribution in [1.29, 1.82) is 0 Å². The van der Waals surface area contributed by atoms with Gasteiger partial charge in [-0.25, -0.2) is 0 Å². The lowest BCUT2D eigenvalue weighted by molar-refractivity contribution is -0.365. The van der Waals surface area contributed by atoms with Gasteiger partial charge in [0.2, 0.25) is 0 Å². The predicted octanol–water partition coefficient (Wildman–Crippen LogP) is 4.39. The monoisotopic (exact) mass is 726 g/mol. The van der Waals surface area contributed by atoms with Gasteiger partial charge in [0.1, 0.15) is 24.4 Å². The molecule has 13 unspecified atom stereocenters. The van der Waals surface area contributed by atoms with Gasteiger partial charge in [-0.15, -0.1) is 0 Å². The van der Waals surface area contributed by atoms with Crippen LogP contribution in [-0.4, -0.2) is 68.7 Å². The molecule has 5 aliphatic rings. The van der Waals surface area contributed by atoms with Gasteiger partial charge < -0.3 is 23.7 Å². The van der Waals surface area contributed by atoms with Crippen LogP contribution < -0.4 is 0 Å². The van der Waals surface area contributed by atoms with Gasteiger partial charge >= 0.3 is 23.9 Å². The van der Waals surface area contributed by atoms with Crippen molar-refractivity contribution in [2.75, 3.05) is 4.43 Å². The first-order chi connectivity index (χ1) is 18.0. The Morgan fingerprint density at radius 1 is 0.846 bits per heavy atom. The first-order valence-corrected chi connectivity index (χ1v) is 16.0. The van der Waals surface area contributed by atoms with Crippen molar-refractivity contribution < 1.29 is 42.9 Å². The summed E-state index contributed by atoms with van der Waals surface area (Å²) < 4.78 is 31.6. The quantitative estimate of drug-likeness (QED) is 0.176. The molecule has 220 valence electrons.